The van der Waals surface area contributed by atoms with Gasteiger partial charge in [0.25, 0.3) is 0 Å². The SMILES string of the molecule is O=C(O)c1ccc2nc(-c3cc(Cl)cc(Cl)c3)oc2c1.OCCNCCO. The average Bonchev–Trinajstić information content (AvgIpc) is 3.05. The van der Waals surface area contributed by atoms with Gasteiger partial charge in [0.15, 0.2) is 5.58 Å². The quantitative estimate of drug-likeness (QED) is 0.459. The van der Waals surface area contributed by atoms with Gasteiger partial charge in [0, 0.05) is 28.7 Å². The van der Waals surface area contributed by atoms with Gasteiger partial charge < -0.3 is 25.1 Å². The van der Waals surface area contributed by atoms with E-state index in [1.807, 2.05) is 0 Å². The van der Waals surface area contributed by atoms with Crippen molar-refractivity contribution in [2.45, 2.75) is 0 Å². The third kappa shape index (κ3) is 6.20. The number of hydrogen-bond acceptors (Lipinski definition) is 6. The highest BCUT2D eigenvalue weighted by Gasteiger charge is 2.12. The molecule has 0 aliphatic carbocycles. The van der Waals surface area contributed by atoms with Gasteiger partial charge in [-0.1, -0.05) is 23.2 Å². The van der Waals surface area contributed by atoms with Crippen LogP contribution < -0.4 is 5.32 Å². The molecule has 144 valence electrons. The van der Waals surface area contributed by atoms with Crippen LogP contribution in [-0.4, -0.2) is 52.6 Å². The van der Waals surface area contributed by atoms with Crippen molar-refractivity contribution in [2.24, 2.45) is 0 Å². The zero-order valence-electron chi connectivity index (χ0n) is 14.2. The van der Waals surface area contributed by atoms with Crippen molar-refractivity contribution < 1.29 is 24.5 Å². The zero-order chi connectivity index (χ0) is 19.8. The lowest BCUT2D eigenvalue weighted by Gasteiger charge is -1.97. The minimum absolute atomic E-state index is 0.139. The number of nitrogens with zero attached hydrogens (tertiary/aromatic N) is 1. The van der Waals surface area contributed by atoms with E-state index in [9.17, 15) is 4.79 Å². The molecule has 0 spiro atoms. The minimum Gasteiger partial charge on any atom is -0.478 e. The first-order valence-electron chi connectivity index (χ1n) is 7.97. The molecule has 0 atom stereocenters. The maximum atomic E-state index is 10.9. The van der Waals surface area contributed by atoms with Crippen LogP contribution >= 0.6 is 23.2 Å². The fourth-order valence-electron chi connectivity index (χ4n) is 2.14. The van der Waals surface area contributed by atoms with Crippen LogP contribution in [0.1, 0.15) is 10.4 Å². The molecule has 27 heavy (non-hydrogen) atoms. The van der Waals surface area contributed by atoms with Gasteiger partial charge in [-0.05, 0) is 36.4 Å². The zero-order valence-corrected chi connectivity index (χ0v) is 15.7. The molecule has 2 aromatic carbocycles. The van der Waals surface area contributed by atoms with E-state index in [1.54, 1.807) is 24.3 Å². The van der Waals surface area contributed by atoms with Gasteiger partial charge in [0.2, 0.25) is 5.89 Å². The molecule has 7 nitrogen and oxygen atoms in total. The van der Waals surface area contributed by atoms with Crippen LogP contribution in [0, 0.1) is 0 Å². The lowest BCUT2D eigenvalue weighted by molar-refractivity contribution is 0.0697. The van der Waals surface area contributed by atoms with Gasteiger partial charge in [0.1, 0.15) is 5.52 Å². The lowest BCUT2D eigenvalue weighted by Crippen LogP contribution is -2.21. The maximum absolute atomic E-state index is 10.9. The van der Waals surface area contributed by atoms with E-state index in [4.69, 9.17) is 42.9 Å². The molecule has 0 bridgehead atoms. The number of aromatic carboxylic acids is 1. The summed E-state index contributed by atoms with van der Waals surface area (Å²) in [4.78, 5) is 15.2. The molecular weight excluding hydrogens is 395 g/mol. The fraction of sp³-hybridized carbons (Fsp3) is 0.222. The summed E-state index contributed by atoms with van der Waals surface area (Å²) in [6.07, 6.45) is 0. The second kappa shape index (κ2) is 10.2. The van der Waals surface area contributed by atoms with Crippen LogP contribution in [0.4, 0.5) is 0 Å². The summed E-state index contributed by atoms with van der Waals surface area (Å²) in [6, 6.07) is 9.46. The smallest absolute Gasteiger partial charge is 0.335 e. The number of fused-ring (bicyclic) bond motifs is 1. The standard InChI is InChI=1S/C14H7Cl2NO3.C4H11NO2/c15-9-3-8(4-10(16)6-9)13-17-11-2-1-7(14(18)19)5-12(11)20-13;6-3-1-5-2-4-7/h1-6H,(H,18,19);5-7H,1-4H2. The molecule has 3 aromatic rings. The molecular formula is C18H18Cl2N2O5. The summed E-state index contributed by atoms with van der Waals surface area (Å²) < 4.78 is 5.56. The number of aliphatic hydroxyl groups excluding tert-OH is 2. The largest absolute Gasteiger partial charge is 0.478 e. The molecule has 1 heterocycles. The van der Waals surface area contributed by atoms with Crippen molar-refractivity contribution >= 4 is 40.3 Å². The summed E-state index contributed by atoms with van der Waals surface area (Å²) in [6.45, 7) is 1.42. The lowest BCUT2D eigenvalue weighted by atomic mass is 10.2. The van der Waals surface area contributed by atoms with Crippen LogP contribution in [0.5, 0.6) is 0 Å². The second-order valence-electron chi connectivity index (χ2n) is 5.36. The summed E-state index contributed by atoms with van der Waals surface area (Å²) in [7, 11) is 0. The molecule has 0 radical (unpaired) electrons. The number of aliphatic hydroxyl groups is 2. The highest BCUT2D eigenvalue weighted by atomic mass is 35.5. The molecule has 0 unspecified atom stereocenters. The molecule has 0 fully saturated rings. The average molecular weight is 413 g/mol. The molecule has 0 saturated heterocycles. The third-order valence-corrected chi connectivity index (χ3v) is 3.76. The van der Waals surface area contributed by atoms with Gasteiger partial charge in [-0.15, -0.1) is 0 Å². The molecule has 0 aliphatic rings. The van der Waals surface area contributed by atoms with Crippen LogP contribution in [0.2, 0.25) is 10.0 Å². The number of benzene rings is 2. The predicted octanol–water partition coefficient (Wildman–Crippen LogP) is 3.06. The van der Waals surface area contributed by atoms with E-state index in [-0.39, 0.29) is 18.8 Å². The number of oxazole rings is 1. The Balaban J connectivity index is 0.000000321. The maximum Gasteiger partial charge on any atom is 0.335 e. The fourth-order valence-corrected chi connectivity index (χ4v) is 2.67. The molecule has 4 N–H and O–H groups in total. The van der Waals surface area contributed by atoms with E-state index < -0.39 is 5.97 Å². The Morgan fingerprint density at radius 2 is 1.67 bits per heavy atom. The predicted molar refractivity (Wildman–Crippen MR) is 103 cm³/mol. The van der Waals surface area contributed by atoms with Crippen molar-refractivity contribution in [3.05, 3.63) is 52.0 Å². The number of nitrogens with one attached hydrogen (secondary N) is 1. The molecule has 0 amide bonds. The Labute approximate surface area is 165 Å². The third-order valence-electron chi connectivity index (χ3n) is 3.32. The van der Waals surface area contributed by atoms with E-state index in [0.29, 0.717) is 45.7 Å². The van der Waals surface area contributed by atoms with Gasteiger partial charge >= 0.3 is 5.97 Å². The van der Waals surface area contributed by atoms with Crippen molar-refractivity contribution in [3.8, 4) is 11.5 Å². The molecule has 0 aliphatic heterocycles. The number of hydrogen-bond donors (Lipinski definition) is 4. The summed E-state index contributed by atoms with van der Waals surface area (Å²) in [5.74, 6) is -0.678. The van der Waals surface area contributed by atoms with E-state index in [1.165, 1.54) is 12.1 Å². The first-order valence-corrected chi connectivity index (χ1v) is 8.73. The van der Waals surface area contributed by atoms with Crippen molar-refractivity contribution in [1.82, 2.24) is 10.3 Å². The number of rotatable bonds is 6. The van der Waals surface area contributed by atoms with Crippen LogP contribution in [0.15, 0.2) is 40.8 Å². The van der Waals surface area contributed by atoms with E-state index >= 15 is 0 Å². The van der Waals surface area contributed by atoms with Crippen molar-refractivity contribution in [1.29, 1.82) is 0 Å². The number of aromatic nitrogens is 1. The Bertz CT molecular complexity index is 890. The number of carboxylic acids is 1. The second-order valence-corrected chi connectivity index (χ2v) is 6.23. The van der Waals surface area contributed by atoms with Crippen LogP contribution in [0.25, 0.3) is 22.6 Å². The topological polar surface area (TPSA) is 116 Å². The van der Waals surface area contributed by atoms with Crippen molar-refractivity contribution in [2.75, 3.05) is 26.3 Å². The summed E-state index contributed by atoms with van der Waals surface area (Å²) in [5.41, 5.74) is 1.75. The highest BCUT2D eigenvalue weighted by molar-refractivity contribution is 6.35. The Morgan fingerprint density at radius 3 is 2.22 bits per heavy atom. The summed E-state index contributed by atoms with van der Waals surface area (Å²) >= 11 is 11.9. The van der Waals surface area contributed by atoms with E-state index in [0.717, 1.165) is 0 Å². The first-order chi connectivity index (χ1) is 12.9. The van der Waals surface area contributed by atoms with Crippen LogP contribution in [-0.2, 0) is 0 Å². The Morgan fingerprint density at radius 1 is 1.04 bits per heavy atom. The molecule has 1 aromatic heterocycles. The number of carboxylic acid groups (broad SMARTS) is 1. The monoisotopic (exact) mass is 412 g/mol. The number of halogens is 2. The molecule has 0 saturated carbocycles. The first kappa shape index (κ1) is 21.1. The normalized spacial score (nSPS) is 10.5. The Kier molecular flexibility index (Phi) is 8.02. The number of carbonyl (C=O) groups is 1. The van der Waals surface area contributed by atoms with Gasteiger partial charge in [0.05, 0.1) is 18.8 Å². The van der Waals surface area contributed by atoms with Gasteiger partial charge in [-0.3, -0.25) is 0 Å². The van der Waals surface area contributed by atoms with E-state index in [2.05, 4.69) is 10.3 Å². The molecule has 3 rings (SSSR count). The van der Waals surface area contributed by atoms with Crippen LogP contribution in [0.3, 0.4) is 0 Å². The summed E-state index contributed by atoms with van der Waals surface area (Å²) in [5, 5.41) is 29.0. The molecule has 9 heteroatoms. The van der Waals surface area contributed by atoms with Gasteiger partial charge in [-0.2, -0.15) is 0 Å². The van der Waals surface area contributed by atoms with Crippen molar-refractivity contribution in [3.63, 3.8) is 0 Å². The minimum atomic E-state index is -1.02. The van der Waals surface area contributed by atoms with Gasteiger partial charge in [-0.25, -0.2) is 9.78 Å². The Hall–Kier alpha value is -2.16. The highest BCUT2D eigenvalue weighted by Crippen LogP contribution is 2.29.